The highest BCUT2D eigenvalue weighted by Gasteiger charge is 2.31. The molecule has 0 spiro atoms. The predicted octanol–water partition coefficient (Wildman–Crippen LogP) is 1.80. The Balaban J connectivity index is 1.97. The summed E-state index contributed by atoms with van der Waals surface area (Å²) >= 11 is 0. The second-order valence-corrected chi connectivity index (χ2v) is 4.74. The molecular formula is C13H18N2. The van der Waals surface area contributed by atoms with Crippen molar-refractivity contribution in [3.05, 3.63) is 29.8 Å². The van der Waals surface area contributed by atoms with E-state index < -0.39 is 0 Å². The fourth-order valence-corrected chi connectivity index (χ4v) is 2.74. The summed E-state index contributed by atoms with van der Waals surface area (Å²) in [4.78, 5) is 2.62. The number of anilines is 1. The van der Waals surface area contributed by atoms with Crippen molar-refractivity contribution < 1.29 is 0 Å². The van der Waals surface area contributed by atoms with Crippen LogP contribution < -0.4 is 10.2 Å². The lowest BCUT2D eigenvalue weighted by Crippen LogP contribution is -2.60. The van der Waals surface area contributed by atoms with Gasteiger partial charge in [0.2, 0.25) is 0 Å². The van der Waals surface area contributed by atoms with E-state index in [4.69, 9.17) is 0 Å². The molecule has 1 saturated heterocycles. The van der Waals surface area contributed by atoms with Crippen LogP contribution in [-0.4, -0.2) is 25.2 Å². The molecule has 1 fully saturated rings. The van der Waals surface area contributed by atoms with Crippen molar-refractivity contribution in [1.82, 2.24) is 5.32 Å². The molecule has 3 rings (SSSR count). The molecule has 0 amide bonds. The van der Waals surface area contributed by atoms with Gasteiger partial charge in [0.05, 0.1) is 6.04 Å². The molecule has 2 aliphatic rings. The van der Waals surface area contributed by atoms with Gasteiger partial charge in [0, 0.05) is 24.8 Å². The summed E-state index contributed by atoms with van der Waals surface area (Å²) in [7, 11) is 0. The minimum Gasteiger partial charge on any atom is -0.363 e. The molecular weight excluding hydrogens is 184 g/mol. The average molecular weight is 202 g/mol. The summed E-state index contributed by atoms with van der Waals surface area (Å²) in [5.41, 5.74) is 3.00. The minimum atomic E-state index is 0.701. The zero-order valence-corrected chi connectivity index (χ0v) is 9.24. The molecule has 0 radical (unpaired) electrons. The van der Waals surface area contributed by atoms with Gasteiger partial charge >= 0.3 is 0 Å². The molecule has 2 heteroatoms. The van der Waals surface area contributed by atoms with E-state index in [-0.39, 0.29) is 0 Å². The van der Waals surface area contributed by atoms with Crippen molar-refractivity contribution >= 4 is 5.69 Å². The van der Waals surface area contributed by atoms with Crippen LogP contribution in [-0.2, 0) is 6.42 Å². The van der Waals surface area contributed by atoms with Crippen molar-refractivity contribution in [3.63, 3.8) is 0 Å². The maximum atomic E-state index is 3.37. The molecule has 2 aliphatic heterocycles. The fraction of sp³-hybridized carbons (Fsp3) is 0.538. The Labute approximate surface area is 91.3 Å². The molecule has 2 nitrogen and oxygen atoms in total. The molecule has 0 aliphatic carbocycles. The highest BCUT2D eigenvalue weighted by molar-refractivity contribution is 5.57. The lowest BCUT2D eigenvalue weighted by molar-refractivity contribution is 0.374. The molecule has 0 bridgehead atoms. The van der Waals surface area contributed by atoms with Crippen LogP contribution in [0.2, 0.25) is 0 Å². The first kappa shape index (κ1) is 9.22. The van der Waals surface area contributed by atoms with Crippen LogP contribution in [0.1, 0.15) is 18.9 Å². The van der Waals surface area contributed by atoms with Gasteiger partial charge in [0.1, 0.15) is 0 Å². The lowest BCUT2D eigenvalue weighted by Gasteiger charge is -2.46. The van der Waals surface area contributed by atoms with Crippen LogP contribution in [0, 0.1) is 0 Å². The Morgan fingerprint density at radius 1 is 1.27 bits per heavy atom. The highest BCUT2D eigenvalue weighted by atomic mass is 15.3. The van der Waals surface area contributed by atoms with Gasteiger partial charge in [-0.3, -0.25) is 0 Å². The molecule has 1 aromatic rings. The smallest absolute Gasteiger partial charge is 0.0542 e. The lowest BCUT2D eigenvalue weighted by atomic mass is 9.93. The van der Waals surface area contributed by atoms with Gasteiger partial charge < -0.3 is 10.2 Å². The van der Waals surface area contributed by atoms with Crippen LogP contribution in [0.25, 0.3) is 0 Å². The second-order valence-electron chi connectivity index (χ2n) is 4.74. The predicted molar refractivity (Wildman–Crippen MR) is 63.4 cm³/mol. The maximum Gasteiger partial charge on any atom is 0.0542 e. The third kappa shape index (κ3) is 1.44. The summed E-state index contributed by atoms with van der Waals surface area (Å²) in [6.07, 6.45) is 2.54. The third-order valence-corrected chi connectivity index (χ3v) is 3.73. The molecule has 1 unspecified atom stereocenters. The Morgan fingerprint density at radius 3 is 2.80 bits per heavy atom. The van der Waals surface area contributed by atoms with E-state index in [1.54, 1.807) is 0 Å². The van der Waals surface area contributed by atoms with E-state index in [1.165, 1.54) is 24.1 Å². The number of benzene rings is 1. The monoisotopic (exact) mass is 202 g/mol. The Bertz CT molecular complexity index is 357. The zero-order chi connectivity index (χ0) is 10.3. The highest BCUT2D eigenvalue weighted by Crippen LogP contribution is 2.32. The standard InChI is InChI=1S/C13H18N2/c1-10-6-7-11-4-2-3-5-13(11)15(10)12-8-14-9-12/h2-5,10,12,14H,6-9H2,1H3. The fourth-order valence-electron chi connectivity index (χ4n) is 2.74. The number of nitrogens with one attached hydrogen (secondary N) is 1. The summed E-state index contributed by atoms with van der Waals surface area (Å²) in [5, 5.41) is 3.37. The van der Waals surface area contributed by atoms with E-state index >= 15 is 0 Å². The molecule has 80 valence electrons. The number of hydrogen-bond acceptors (Lipinski definition) is 2. The second kappa shape index (κ2) is 3.53. The molecule has 1 aromatic carbocycles. The minimum absolute atomic E-state index is 0.701. The van der Waals surface area contributed by atoms with Crippen LogP contribution >= 0.6 is 0 Å². The topological polar surface area (TPSA) is 15.3 Å². The normalized spacial score (nSPS) is 25.9. The van der Waals surface area contributed by atoms with E-state index in [0.717, 1.165) is 19.1 Å². The first-order valence-electron chi connectivity index (χ1n) is 5.93. The van der Waals surface area contributed by atoms with Crippen molar-refractivity contribution in [2.24, 2.45) is 0 Å². The van der Waals surface area contributed by atoms with Crippen LogP contribution in [0.3, 0.4) is 0 Å². The van der Waals surface area contributed by atoms with E-state index in [2.05, 4.69) is 41.4 Å². The SMILES string of the molecule is CC1CCc2ccccc2N1C1CNC1. The van der Waals surface area contributed by atoms with Crippen molar-refractivity contribution in [2.45, 2.75) is 31.8 Å². The number of rotatable bonds is 1. The maximum absolute atomic E-state index is 3.37. The van der Waals surface area contributed by atoms with Gasteiger partial charge in [0.15, 0.2) is 0 Å². The number of hydrogen-bond donors (Lipinski definition) is 1. The van der Waals surface area contributed by atoms with Crippen molar-refractivity contribution in [3.8, 4) is 0 Å². The van der Waals surface area contributed by atoms with Gasteiger partial charge in [-0.05, 0) is 31.4 Å². The summed E-state index contributed by atoms with van der Waals surface area (Å²) in [6.45, 7) is 4.66. The molecule has 0 aromatic heterocycles. The van der Waals surface area contributed by atoms with Crippen LogP contribution in [0.4, 0.5) is 5.69 Å². The molecule has 1 N–H and O–H groups in total. The van der Waals surface area contributed by atoms with Gasteiger partial charge in [0.25, 0.3) is 0 Å². The molecule has 0 saturated carbocycles. The summed E-state index contributed by atoms with van der Waals surface area (Å²) in [5.74, 6) is 0. The Hall–Kier alpha value is -1.02. The number of nitrogens with zero attached hydrogens (tertiary/aromatic N) is 1. The third-order valence-electron chi connectivity index (χ3n) is 3.73. The number of aryl methyl sites for hydroxylation is 1. The zero-order valence-electron chi connectivity index (χ0n) is 9.24. The largest absolute Gasteiger partial charge is 0.363 e. The van der Waals surface area contributed by atoms with E-state index in [0.29, 0.717) is 6.04 Å². The quantitative estimate of drug-likeness (QED) is 0.747. The van der Waals surface area contributed by atoms with Gasteiger partial charge in [-0.2, -0.15) is 0 Å². The first-order valence-corrected chi connectivity index (χ1v) is 5.93. The van der Waals surface area contributed by atoms with Crippen LogP contribution in [0.15, 0.2) is 24.3 Å². The van der Waals surface area contributed by atoms with E-state index in [1.807, 2.05) is 0 Å². The summed E-state index contributed by atoms with van der Waals surface area (Å²) < 4.78 is 0. The molecule has 15 heavy (non-hydrogen) atoms. The molecule has 1 atom stereocenters. The molecule has 2 heterocycles. The van der Waals surface area contributed by atoms with Crippen LogP contribution in [0.5, 0.6) is 0 Å². The van der Waals surface area contributed by atoms with Crippen molar-refractivity contribution in [2.75, 3.05) is 18.0 Å². The first-order chi connectivity index (χ1) is 7.36. The van der Waals surface area contributed by atoms with Gasteiger partial charge in [-0.25, -0.2) is 0 Å². The van der Waals surface area contributed by atoms with Gasteiger partial charge in [-0.15, -0.1) is 0 Å². The Kier molecular flexibility index (Phi) is 2.17. The number of para-hydroxylation sites is 1. The number of fused-ring (bicyclic) bond motifs is 1. The summed E-state index contributed by atoms with van der Waals surface area (Å²) in [6, 6.07) is 10.3. The average Bonchev–Trinajstić information content (AvgIpc) is 2.20. The van der Waals surface area contributed by atoms with E-state index in [9.17, 15) is 0 Å². The Morgan fingerprint density at radius 2 is 2.07 bits per heavy atom. The van der Waals surface area contributed by atoms with Crippen molar-refractivity contribution in [1.29, 1.82) is 0 Å². The van der Waals surface area contributed by atoms with Gasteiger partial charge in [-0.1, -0.05) is 18.2 Å².